The Hall–Kier alpha value is -2.44. The molecule has 0 radical (unpaired) electrons. The number of hydrogen-bond donors (Lipinski definition) is 2. The predicted octanol–water partition coefficient (Wildman–Crippen LogP) is 2.08. The van der Waals surface area contributed by atoms with Crippen molar-refractivity contribution in [1.29, 1.82) is 0 Å². The van der Waals surface area contributed by atoms with Crippen LogP contribution in [0.4, 0.5) is 4.79 Å². The number of carbonyl (C=O) groups is 2. The molecule has 1 aromatic carbocycles. The van der Waals surface area contributed by atoms with Gasteiger partial charge in [-0.15, -0.1) is 0 Å². The molecule has 1 fully saturated rings. The molecule has 7 heteroatoms. The SMILES string of the molecule is COc1ccc([C@@H]2CCCN2C(=O)NCCCNC(C)=O)cc1OC. The van der Waals surface area contributed by atoms with E-state index in [1.54, 1.807) is 14.2 Å². The predicted molar refractivity (Wildman–Crippen MR) is 94.9 cm³/mol. The fraction of sp³-hybridized carbons (Fsp3) is 0.556. The van der Waals surface area contributed by atoms with Crippen LogP contribution in [0.2, 0.25) is 0 Å². The molecule has 1 aliphatic rings. The zero-order chi connectivity index (χ0) is 18.2. The Kier molecular flexibility index (Phi) is 6.91. The Morgan fingerprint density at radius 1 is 1.16 bits per heavy atom. The van der Waals surface area contributed by atoms with Crippen molar-refractivity contribution in [3.63, 3.8) is 0 Å². The highest BCUT2D eigenvalue weighted by Gasteiger charge is 2.30. The van der Waals surface area contributed by atoms with Crippen LogP contribution in [0.15, 0.2) is 18.2 Å². The van der Waals surface area contributed by atoms with Crippen molar-refractivity contribution in [2.24, 2.45) is 0 Å². The minimum absolute atomic E-state index is 0.0372. The second kappa shape index (κ2) is 9.15. The summed E-state index contributed by atoms with van der Waals surface area (Å²) in [4.78, 5) is 25.2. The lowest BCUT2D eigenvalue weighted by Crippen LogP contribution is -2.40. The van der Waals surface area contributed by atoms with Crippen LogP contribution < -0.4 is 20.1 Å². The lowest BCUT2D eigenvalue weighted by molar-refractivity contribution is -0.118. The van der Waals surface area contributed by atoms with Crippen LogP contribution in [0.3, 0.4) is 0 Å². The summed E-state index contributed by atoms with van der Waals surface area (Å²) in [6, 6.07) is 5.76. The maximum atomic E-state index is 12.5. The third-order valence-electron chi connectivity index (χ3n) is 4.31. The molecule has 0 spiro atoms. The molecule has 2 N–H and O–H groups in total. The molecule has 1 heterocycles. The van der Waals surface area contributed by atoms with Gasteiger partial charge in [0.05, 0.1) is 20.3 Å². The fourth-order valence-corrected chi connectivity index (χ4v) is 3.07. The lowest BCUT2D eigenvalue weighted by Gasteiger charge is -2.26. The zero-order valence-electron chi connectivity index (χ0n) is 15.1. The van der Waals surface area contributed by atoms with Crippen molar-refractivity contribution in [3.8, 4) is 11.5 Å². The first-order valence-corrected chi connectivity index (χ1v) is 8.57. The molecule has 7 nitrogen and oxygen atoms in total. The molecule has 0 bridgehead atoms. The Morgan fingerprint density at radius 2 is 1.88 bits per heavy atom. The van der Waals surface area contributed by atoms with Gasteiger partial charge in [0.1, 0.15) is 0 Å². The molecule has 1 aromatic rings. The van der Waals surface area contributed by atoms with E-state index in [1.807, 2.05) is 23.1 Å². The summed E-state index contributed by atoms with van der Waals surface area (Å²) in [7, 11) is 3.21. The van der Waals surface area contributed by atoms with Crippen molar-refractivity contribution < 1.29 is 19.1 Å². The summed E-state index contributed by atoms with van der Waals surface area (Å²) in [5.41, 5.74) is 1.04. The number of methoxy groups -OCH3 is 2. The van der Waals surface area contributed by atoms with Gasteiger partial charge in [-0.3, -0.25) is 4.79 Å². The molecule has 0 saturated carbocycles. The first-order valence-electron chi connectivity index (χ1n) is 8.57. The van der Waals surface area contributed by atoms with Crippen LogP contribution in [0.25, 0.3) is 0 Å². The van der Waals surface area contributed by atoms with Crippen LogP contribution in [0.5, 0.6) is 11.5 Å². The number of urea groups is 1. The number of amides is 3. The van der Waals surface area contributed by atoms with E-state index >= 15 is 0 Å². The van der Waals surface area contributed by atoms with Gasteiger partial charge in [-0.05, 0) is 37.0 Å². The summed E-state index contributed by atoms with van der Waals surface area (Å²) >= 11 is 0. The second-order valence-corrected chi connectivity index (χ2v) is 6.03. The Labute approximate surface area is 148 Å². The maximum absolute atomic E-state index is 12.5. The van der Waals surface area contributed by atoms with Crippen LogP contribution in [-0.2, 0) is 4.79 Å². The fourth-order valence-electron chi connectivity index (χ4n) is 3.07. The Balaban J connectivity index is 1.95. The standard InChI is InChI=1S/C18H27N3O4/c1-13(22)19-9-5-10-20-18(23)21-11-4-6-15(21)14-7-8-16(24-2)17(12-14)25-3/h7-8,12,15H,4-6,9-11H2,1-3H3,(H,19,22)(H,20,23)/t15-/m0/s1. The number of likely N-dealkylation sites (tertiary alicyclic amines) is 1. The molecule has 1 saturated heterocycles. The molecule has 1 atom stereocenters. The molecule has 25 heavy (non-hydrogen) atoms. The number of ether oxygens (including phenoxy) is 2. The van der Waals surface area contributed by atoms with Gasteiger partial charge in [-0.2, -0.15) is 0 Å². The van der Waals surface area contributed by atoms with Crippen LogP contribution in [0.1, 0.15) is 37.8 Å². The first kappa shape index (κ1) is 18.9. The number of hydrogen-bond acceptors (Lipinski definition) is 4. The number of carbonyl (C=O) groups excluding carboxylic acids is 2. The van der Waals surface area contributed by atoms with Gasteiger partial charge >= 0.3 is 6.03 Å². The van der Waals surface area contributed by atoms with E-state index in [9.17, 15) is 9.59 Å². The molecule has 138 valence electrons. The van der Waals surface area contributed by atoms with Gasteiger partial charge in [-0.1, -0.05) is 6.07 Å². The molecule has 3 amide bonds. The summed E-state index contributed by atoms with van der Waals surface area (Å²) in [5, 5.41) is 5.65. The third kappa shape index (κ3) is 5.01. The van der Waals surface area contributed by atoms with Crippen LogP contribution in [-0.4, -0.2) is 50.7 Å². The van der Waals surface area contributed by atoms with Crippen molar-refractivity contribution in [2.75, 3.05) is 33.9 Å². The van der Waals surface area contributed by atoms with Crippen molar-refractivity contribution in [1.82, 2.24) is 15.5 Å². The maximum Gasteiger partial charge on any atom is 0.317 e. The molecule has 0 aromatic heterocycles. The van der Waals surface area contributed by atoms with Gasteiger partial charge in [0.25, 0.3) is 0 Å². The topological polar surface area (TPSA) is 79.9 Å². The largest absolute Gasteiger partial charge is 0.493 e. The van der Waals surface area contributed by atoms with Crippen LogP contribution >= 0.6 is 0 Å². The minimum Gasteiger partial charge on any atom is -0.493 e. The van der Waals surface area contributed by atoms with E-state index < -0.39 is 0 Å². The summed E-state index contributed by atoms with van der Waals surface area (Å²) in [6.45, 7) is 3.32. The Morgan fingerprint density at radius 3 is 2.56 bits per heavy atom. The van der Waals surface area contributed by atoms with Gasteiger partial charge < -0.3 is 25.0 Å². The smallest absolute Gasteiger partial charge is 0.317 e. The molecule has 0 unspecified atom stereocenters. The van der Waals surface area contributed by atoms with E-state index in [-0.39, 0.29) is 18.0 Å². The number of benzene rings is 1. The minimum atomic E-state index is -0.0693. The normalized spacial score (nSPS) is 16.4. The molecular weight excluding hydrogens is 322 g/mol. The average Bonchev–Trinajstić information content (AvgIpc) is 3.10. The molecule has 0 aliphatic carbocycles. The Bertz CT molecular complexity index is 606. The van der Waals surface area contributed by atoms with E-state index in [0.29, 0.717) is 31.0 Å². The first-order chi connectivity index (χ1) is 12.1. The summed E-state index contributed by atoms with van der Waals surface area (Å²) in [5.74, 6) is 1.29. The summed E-state index contributed by atoms with van der Waals surface area (Å²) < 4.78 is 10.6. The second-order valence-electron chi connectivity index (χ2n) is 6.03. The zero-order valence-corrected chi connectivity index (χ0v) is 15.1. The number of rotatable bonds is 7. The number of nitrogens with one attached hydrogen (secondary N) is 2. The van der Waals surface area contributed by atoms with Crippen LogP contribution in [0, 0.1) is 0 Å². The average molecular weight is 349 g/mol. The van der Waals surface area contributed by atoms with Gasteiger partial charge in [-0.25, -0.2) is 4.79 Å². The van der Waals surface area contributed by atoms with E-state index in [4.69, 9.17) is 9.47 Å². The third-order valence-corrected chi connectivity index (χ3v) is 4.31. The van der Waals surface area contributed by atoms with Crippen molar-refractivity contribution in [2.45, 2.75) is 32.2 Å². The van der Waals surface area contributed by atoms with Crippen molar-refractivity contribution in [3.05, 3.63) is 23.8 Å². The summed E-state index contributed by atoms with van der Waals surface area (Å²) in [6.07, 6.45) is 2.60. The quantitative estimate of drug-likeness (QED) is 0.739. The molecule has 2 rings (SSSR count). The van der Waals surface area contributed by atoms with Gasteiger partial charge in [0.15, 0.2) is 11.5 Å². The van der Waals surface area contributed by atoms with Gasteiger partial charge in [0.2, 0.25) is 5.91 Å². The lowest BCUT2D eigenvalue weighted by atomic mass is 10.0. The highest BCUT2D eigenvalue weighted by atomic mass is 16.5. The highest BCUT2D eigenvalue weighted by Crippen LogP contribution is 2.36. The van der Waals surface area contributed by atoms with E-state index in [2.05, 4.69) is 10.6 Å². The van der Waals surface area contributed by atoms with E-state index in [0.717, 1.165) is 24.9 Å². The molecule has 1 aliphatic heterocycles. The van der Waals surface area contributed by atoms with Crippen molar-refractivity contribution >= 4 is 11.9 Å². The number of nitrogens with zero attached hydrogens (tertiary/aromatic N) is 1. The monoisotopic (exact) mass is 349 g/mol. The molecular formula is C18H27N3O4. The van der Waals surface area contributed by atoms with E-state index in [1.165, 1.54) is 6.92 Å². The highest BCUT2D eigenvalue weighted by molar-refractivity contribution is 5.75. The van der Waals surface area contributed by atoms with Gasteiger partial charge in [0, 0.05) is 26.6 Å².